The first kappa shape index (κ1) is 22.3. The number of imide groups is 1. The van der Waals surface area contributed by atoms with Crippen LogP contribution in [-0.2, 0) is 9.59 Å². The van der Waals surface area contributed by atoms with Gasteiger partial charge >= 0.3 is 0 Å². The maximum Gasteiger partial charge on any atom is 0.282 e. The smallest absolute Gasteiger partial charge is 0.282 e. The third-order valence-corrected chi connectivity index (χ3v) is 6.37. The highest BCUT2D eigenvalue weighted by Gasteiger charge is 2.40. The summed E-state index contributed by atoms with van der Waals surface area (Å²) in [5.74, 6) is -0.680. The van der Waals surface area contributed by atoms with Gasteiger partial charge in [-0.3, -0.25) is 9.59 Å². The molecule has 1 aliphatic heterocycles. The summed E-state index contributed by atoms with van der Waals surface area (Å²) in [6.07, 6.45) is 0. The van der Waals surface area contributed by atoms with Gasteiger partial charge in [-0.25, -0.2) is 4.90 Å². The van der Waals surface area contributed by atoms with E-state index in [1.54, 1.807) is 0 Å². The van der Waals surface area contributed by atoms with Crippen molar-refractivity contribution < 1.29 is 9.59 Å². The molecule has 0 fully saturated rings. The summed E-state index contributed by atoms with van der Waals surface area (Å²) in [5, 5.41) is 3.30. The second-order valence-electron chi connectivity index (χ2n) is 8.78. The van der Waals surface area contributed by atoms with Crippen LogP contribution in [0.4, 0.5) is 17.1 Å². The Morgan fingerprint density at radius 1 is 0.758 bits per heavy atom. The zero-order valence-electron chi connectivity index (χ0n) is 20.0. The van der Waals surface area contributed by atoms with E-state index < -0.39 is 0 Å². The maximum absolute atomic E-state index is 13.7. The van der Waals surface area contributed by atoms with Gasteiger partial charge < -0.3 is 10.2 Å². The molecule has 0 unspecified atom stereocenters. The van der Waals surface area contributed by atoms with Crippen LogP contribution >= 0.6 is 0 Å². The topological polar surface area (TPSA) is 52.7 Å². The fourth-order valence-electron chi connectivity index (χ4n) is 3.97. The van der Waals surface area contributed by atoms with E-state index in [-0.39, 0.29) is 11.8 Å². The van der Waals surface area contributed by atoms with Crippen LogP contribution in [0.5, 0.6) is 0 Å². The third-order valence-electron chi connectivity index (χ3n) is 6.37. The van der Waals surface area contributed by atoms with Crippen molar-refractivity contribution in [2.75, 3.05) is 29.2 Å². The normalized spacial score (nSPS) is 13.7. The molecule has 3 aromatic rings. The molecular formula is C28H29N3O2. The maximum atomic E-state index is 13.7. The number of carbonyl (C=O) groups excluding carboxylic acids is 2. The Hall–Kier alpha value is -3.86. The molecule has 5 heteroatoms. The average molecular weight is 440 g/mol. The van der Waals surface area contributed by atoms with E-state index in [0.29, 0.717) is 17.0 Å². The molecule has 5 nitrogen and oxygen atoms in total. The van der Waals surface area contributed by atoms with Crippen molar-refractivity contribution in [3.05, 3.63) is 94.2 Å². The van der Waals surface area contributed by atoms with Crippen LogP contribution in [0, 0.1) is 27.7 Å². The summed E-state index contributed by atoms with van der Waals surface area (Å²) in [6.45, 7) is 8.07. The molecular weight excluding hydrogens is 410 g/mol. The van der Waals surface area contributed by atoms with E-state index in [2.05, 4.69) is 5.32 Å². The summed E-state index contributed by atoms with van der Waals surface area (Å²) in [6, 6.07) is 19.2. The van der Waals surface area contributed by atoms with Crippen molar-refractivity contribution in [3.8, 4) is 0 Å². The van der Waals surface area contributed by atoms with E-state index >= 15 is 0 Å². The van der Waals surface area contributed by atoms with Gasteiger partial charge in [0.05, 0.1) is 11.3 Å². The second-order valence-corrected chi connectivity index (χ2v) is 8.78. The zero-order valence-corrected chi connectivity index (χ0v) is 20.0. The van der Waals surface area contributed by atoms with Crippen LogP contribution in [0.25, 0.3) is 5.57 Å². The number of rotatable bonds is 5. The number of amides is 2. The number of hydrogen-bond donors (Lipinski definition) is 1. The van der Waals surface area contributed by atoms with Gasteiger partial charge in [-0.2, -0.15) is 0 Å². The first-order valence-electron chi connectivity index (χ1n) is 11.0. The number of hydrogen-bond acceptors (Lipinski definition) is 4. The average Bonchev–Trinajstić information content (AvgIpc) is 3.03. The van der Waals surface area contributed by atoms with Gasteiger partial charge in [-0.05, 0) is 85.8 Å². The molecule has 0 saturated heterocycles. The SMILES string of the molecule is Cc1ccc(C2=C(Nc3cccc(C)c3C)C(=O)N(c3ccc(N(C)C)cc3)C2=O)cc1C. The Kier molecular flexibility index (Phi) is 5.81. The van der Waals surface area contributed by atoms with Gasteiger partial charge in [0.2, 0.25) is 0 Å². The van der Waals surface area contributed by atoms with Gasteiger partial charge in [0, 0.05) is 25.5 Å². The van der Waals surface area contributed by atoms with Crippen molar-refractivity contribution in [1.29, 1.82) is 0 Å². The molecule has 168 valence electrons. The summed E-state index contributed by atoms with van der Waals surface area (Å²) in [4.78, 5) is 30.6. The van der Waals surface area contributed by atoms with Crippen LogP contribution < -0.4 is 15.1 Å². The Labute approximate surface area is 195 Å². The molecule has 33 heavy (non-hydrogen) atoms. The lowest BCUT2D eigenvalue weighted by Crippen LogP contribution is -2.32. The number of aryl methyl sites for hydroxylation is 3. The molecule has 0 aliphatic carbocycles. The molecule has 0 radical (unpaired) electrons. The number of nitrogens with one attached hydrogen (secondary N) is 1. The quantitative estimate of drug-likeness (QED) is 0.542. The standard InChI is InChI=1S/C28H29N3O2/c1-17-10-11-21(16-19(17)3)25-26(29-24-9-7-8-18(2)20(24)4)28(33)31(27(25)32)23-14-12-22(13-15-23)30(5)6/h7-16,29H,1-6H3. The molecule has 0 saturated carbocycles. The fourth-order valence-corrected chi connectivity index (χ4v) is 3.97. The van der Waals surface area contributed by atoms with Gasteiger partial charge in [-0.1, -0.05) is 30.3 Å². The van der Waals surface area contributed by atoms with Crippen LogP contribution in [0.1, 0.15) is 27.8 Å². The number of nitrogens with zero attached hydrogens (tertiary/aromatic N) is 2. The molecule has 0 spiro atoms. The van der Waals surface area contributed by atoms with E-state index in [1.807, 2.05) is 107 Å². The van der Waals surface area contributed by atoms with Gasteiger partial charge in [0.1, 0.15) is 5.70 Å². The van der Waals surface area contributed by atoms with Crippen LogP contribution in [0.3, 0.4) is 0 Å². The van der Waals surface area contributed by atoms with E-state index in [9.17, 15) is 9.59 Å². The Balaban J connectivity index is 1.83. The van der Waals surface area contributed by atoms with Crippen LogP contribution in [0.15, 0.2) is 66.4 Å². The minimum Gasteiger partial charge on any atom is -0.378 e. The first-order valence-corrected chi connectivity index (χ1v) is 11.0. The first-order chi connectivity index (χ1) is 15.7. The largest absolute Gasteiger partial charge is 0.378 e. The molecule has 1 heterocycles. The predicted octanol–water partition coefficient (Wildman–Crippen LogP) is 5.38. The lowest BCUT2D eigenvalue weighted by Gasteiger charge is -2.18. The molecule has 1 aliphatic rings. The predicted molar refractivity (Wildman–Crippen MR) is 136 cm³/mol. The summed E-state index contributed by atoms with van der Waals surface area (Å²) >= 11 is 0. The van der Waals surface area contributed by atoms with Crippen molar-refractivity contribution in [2.24, 2.45) is 0 Å². The Bertz CT molecular complexity index is 1290. The second kappa shape index (κ2) is 8.58. The van der Waals surface area contributed by atoms with Crippen molar-refractivity contribution in [1.82, 2.24) is 0 Å². The van der Waals surface area contributed by atoms with E-state index in [0.717, 1.165) is 39.2 Å². The summed E-state index contributed by atoms with van der Waals surface area (Å²) in [5.41, 5.74) is 8.14. The van der Waals surface area contributed by atoms with Crippen molar-refractivity contribution >= 4 is 34.4 Å². The van der Waals surface area contributed by atoms with Crippen molar-refractivity contribution in [2.45, 2.75) is 27.7 Å². The number of benzene rings is 3. The van der Waals surface area contributed by atoms with E-state index in [1.165, 1.54) is 4.90 Å². The molecule has 0 bridgehead atoms. The molecule has 2 amide bonds. The summed E-state index contributed by atoms with van der Waals surface area (Å²) in [7, 11) is 3.90. The minimum atomic E-state index is -0.355. The van der Waals surface area contributed by atoms with Gasteiger partial charge in [0.15, 0.2) is 0 Å². The molecule has 4 rings (SSSR count). The fraction of sp³-hybridized carbons (Fsp3) is 0.214. The monoisotopic (exact) mass is 439 g/mol. The Morgan fingerprint density at radius 2 is 1.45 bits per heavy atom. The van der Waals surface area contributed by atoms with Gasteiger partial charge in [-0.15, -0.1) is 0 Å². The summed E-state index contributed by atoms with van der Waals surface area (Å²) < 4.78 is 0. The lowest BCUT2D eigenvalue weighted by molar-refractivity contribution is -0.120. The van der Waals surface area contributed by atoms with Crippen molar-refractivity contribution in [3.63, 3.8) is 0 Å². The third kappa shape index (κ3) is 4.02. The number of anilines is 3. The number of carbonyl (C=O) groups is 2. The molecule has 0 atom stereocenters. The zero-order chi connectivity index (χ0) is 23.9. The van der Waals surface area contributed by atoms with Crippen LogP contribution in [0.2, 0.25) is 0 Å². The van der Waals surface area contributed by atoms with E-state index in [4.69, 9.17) is 0 Å². The highest BCUT2D eigenvalue weighted by Crippen LogP contribution is 2.35. The van der Waals surface area contributed by atoms with Crippen LogP contribution in [-0.4, -0.2) is 25.9 Å². The lowest BCUT2D eigenvalue weighted by atomic mass is 9.99. The highest BCUT2D eigenvalue weighted by atomic mass is 16.2. The molecule has 3 aromatic carbocycles. The highest BCUT2D eigenvalue weighted by molar-refractivity contribution is 6.46. The van der Waals surface area contributed by atoms with Gasteiger partial charge in [0.25, 0.3) is 11.8 Å². The molecule has 1 N–H and O–H groups in total. The minimum absolute atomic E-state index is 0.300. The molecule has 0 aromatic heterocycles. The Morgan fingerprint density at radius 3 is 2.09 bits per heavy atom.